The predicted octanol–water partition coefficient (Wildman–Crippen LogP) is 2.32. The third-order valence-electron chi connectivity index (χ3n) is 4.98. The molecule has 0 aliphatic carbocycles. The molecule has 2 amide bonds. The molecule has 0 bridgehead atoms. The van der Waals surface area contributed by atoms with E-state index in [1.54, 1.807) is 12.0 Å². The number of amides is 2. The number of piperidine rings is 1. The molecule has 7 heteroatoms. The second-order valence-electron chi connectivity index (χ2n) is 6.89. The molecule has 0 aromatic heterocycles. The molecule has 7 nitrogen and oxygen atoms in total. The van der Waals surface area contributed by atoms with Crippen LogP contribution in [0.4, 0.5) is 0 Å². The second kappa shape index (κ2) is 9.39. The van der Waals surface area contributed by atoms with Gasteiger partial charge in [0.25, 0.3) is 0 Å². The van der Waals surface area contributed by atoms with Crippen molar-refractivity contribution >= 4 is 17.8 Å². The number of hydrogen-bond donors (Lipinski definition) is 1. The summed E-state index contributed by atoms with van der Waals surface area (Å²) in [5.74, 6) is -1.02. The molecule has 1 aliphatic heterocycles. The fraction of sp³-hybridized carbons (Fsp3) is 0.550. The van der Waals surface area contributed by atoms with Gasteiger partial charge in [0.2, 0.25) is 11.8 Å². The minimum absolute atomic E-state index is 0.0363. The van der Waals surface area contributed by atoms with Gasteiger partial charge >= 0.3 is 5.97 Å². The van der Waals surface area contributed by atoms with E-state index in [0.29, 0.717) is 25.1 Å². The molecular formula is C20H28N2O5. The minimum atomic E-state index is -1.05. The Morgan fingerprint density at radius 3 is 2.52 bits per heavy atom. The summed E-state index contributed by atoms with van der Waals surface area (Å²) in [6, 6.07) is 6.98. The zero-order valence-corrected chi connectivity index (χ0v) is 16.2. The largest absolute Gasteiger partial charge is 0.497 e. The number of methoxy groups -OCH3 is 1. The minimum Gasteiger partial charge on any atom is -0.497 e. The number of likely N-dealkylation sites (tertiary alicyclic amines) is 1. The van der Waals surface area contributed by atoms with Crippen molar-refractivity contribution in [3.05, 3.63) is 29.8 Å². The summed E-state index contributed by atoms with van der Waals surface area (Å²) >= 11 is 0. The molecule has 0 radical (unpaired) electrons. The summed E-state index contributed by atoms with van der Waals surface area (Å²) in [5, 5.41) is 9.01. The van der Waals surface area contributed by atoms with Crippen molar-refractivity contribution < 1.29 is 24.2 Å². The van der Waals surface area contributed by atoms with Crippen LogP contribution in [0.2, 0.25) is 0 Å². The van der Waals surface area contributed by atoms with E-state index in [0.717, 1.165) is 18.4 Å². The van der Waals surface area contributed by atoms with Crippen LogP contribution in [0.1, 0.15) is 44.2 Å². The molecule has 2 unspecified atom stereocenters. The first-order chi connectivity index (χ1) is 12.9. The maximum absolute atomic E-state index is 13.0. The Labute approximate surface area is 159 Å². The average molecular weight is 376 g/mol. The fourth-order valence-electron chi connectivity index (χ4n) is 3.58. The molecule has 1 N–H and O–H groups in total. The Hall–Kier alpha value is -2.57. The summed E-state index contributed by atoms with van der Waals surface area (Å²) in [6.45, 7) is 2.28. The third kappa shape index (κ3) is 4.99. The van der Waals surface area contributed by atoms with E-state index < -0.39 is 17.9 Å². The van der Waals surface area contributed by atoms with Gasteiger partial charge in [0.05, 0.1) is 19.1 Å². The summed E-state index contributed by atoms with van der Waals surface area (Å²) in [5.41, 5.74) is 0.863. The van der Waals surface area contributed by atoms with Gasteiger partial charge in [0.1, 0.15) is 12.3 Å². The van der Waals surface area contributed by atoms with E-state index >= 15 is 0 Å². The zero-order valence-electron chi connectivity index (χ0n) is 16.2. The maximum Gasteiger partial charge on any atom is 0.323 e. The van der Waals surface area contributed by atoms with Gasteiger partial charge in [-0.05, 0) is 30.5 Å². The normalized spacial score (nSPS) is 19.7. The van der Waals surface area contributed by atoms with Gasteiger partial charge in [0, 0.05) is 20.0 Å². The van der Waals surface area contributed by atoms with Gasteiger partial charge < -0.3 is 19.6 Å². The van der Waals surface area contributed by atoms with Crippen LogP contribution in [0, 0.1) is 5.92 Å². The molecule has 1 saturated heterocycles. The van der Waals surface area contributed by atoms with Crippen LogP contribution in [0.5, 0.6) is 5.75 Å². The molecule has 148 valence electrons. The van der Waals surface area contributed by atoms with Gasteiger partial charge in [0.15, 0.2) is 0 Å². The number of unbranched alkanes of at least 4 members (excludes halogenated alkanes) is 1. The highest BCUT2D eigenvalue weighted by Gasteiger charge is 2.41. The molecule has 0 spiro atoms. The van der Waals surface area contributed by atoms with Crippen LogP contribution in [0.3, 0.4) is 0 Å². The number of benzene rings is 1. The molecule has 1 fully saturated rings. The number of likely N-dealkylation sites (N-methyl/N-ethyl adjacent to an activating group) is 1. The summed E-state index contributed by atoms with van der Waals surface area (Å²) in [6.07, 6.45) is 2.51. The summed E-state index contributed by atoms with van der Waals surface area (Å²) in [4.78, 5) is 39.6. The van der Waals surface area contributed by atoms with E-state index in [-0.39, 0.29) is 18.4 Å². The molecule has 1 heterocycles. The summed E-state index contributed by atoms with van der Waals surface area (Å²) in [7, 11) is 3.08. The highest BCUT2D eigenvalue weighted by atomic mass is 16.5. The standard InChI is InChI=1S/C20H28N2O5/c1-4-5-12-22-17(23)11-10-16(20(26)21(2)13-18(24)25)19(22)14-6-8-15(27-3)9-7-14/h6-9,16,19H,4-5,10-13H2,1-3H3,(H,24,25). The molecule has 2 atom stereocenters. The highest BCUT2D eigenvalue weighted by molar-refractivity contribution is 5.87. The first-order valence-corrected chi connectivity index (χ1v) is 9.29. The van der Waals surface area contributed by atoms with E-state index in [1.807, 2.05) is 24.3 Å². The molecular weight excluding hydrogens is 348 g/mol. The molecule has 0 saturated carbocycles. The van der Waals surface area contributed by atoms with E-state index in [9.17, 15) is 14.4 Å². The van der Waals surface area contributed by atoms with E-state index in [4.69, 9.17) is 9.84 Å². The molecule has 2 rings (SSSR count). The van der Waals surface area contributed by atoms with Gasteiger partial charge in [-0.1, -0.05) is 25.5 Å². The van der Waals surface area contributed by atoms with Crippen LogP contribution in [0.15, 0.2) is 24.3 Å². The lowest BCUT2D eigenvalue weighted by molar-refractivity contribution is -0.151. The molecule has 27 heavy (non-hydrogen) atoms. The fourth-order valence-corrected chi connectivity index (χ4v) is 3.58. The van der Waals surface area contributed by atoms with E-state index in [2.05, 4.69) is 6.92 Å². The monoisotopic (exact) mass is 376 g/mol. The first-order valence-electron chi connectivity index (χ1n) is 9.29. The molecule has 1 aromatic carbocycles. The van der Waals surface area contributed by atoms with E-state index in [1.165, 1.54) is 11.9 Å². The smallest absolute Gasteiger partial charge is 0.323 e. The van der Waals surface area contributed by atoms with Gasteiger partial charge in [-0.25, -0.2) is 0 Å². The SMILES string of the molecule is CCCCN1C(=O)CCC(C(=O)N(C)CC(=O)O)C1c1ccc(OC)cc1. The van der Waals surface area contributed by atoms with Crippen LogP contribution >= 0.6 is 0 Å². The van der Waals surface area contributed by atoms with Crippen molar-refractivity contribution in [2.75, 3.05) is 27.2 Å². The Balaban J connectivity index is 2.37. The van der Waals surface area contributed by atoms with Crippen LogP contribution in [0.25, 0.3) is 0 Å². The Morgan fingerprint density at radius 2 is 1.96 bits per heavy atom. The lowest BCUT2D eigenvalue weighted by Crippen LogP contribution is -2.49. The number of carboxylic acid groups (broad SMARTS) is 1. The zero-order chi connectivity index (χ0) is 20.0. The number of carbonyl (C=O) groups excluding carboxylic acids is 2. The Morgan fingerprint density at radius 1 is 1.30 bits per heavy atom. The van der Waals surface area contributed by atoms with Gasteiger partial charge in [-0.2, -0.15) is 0 Å². The number of rotatable bonds is 8. The van der Waals surface area contributed by atoms with Crippen LogP contribution in [-0.2, 0) is 14.4 Å². The molecule has 1 aliphatic rings. The number of carboxylic acids is 1. The predicted molar refractivity (Wildman–Crippen MR) is 100 cm³/mol. The van der Waals surface area contributed by atoms with Crippen molar-refractivity contribution in [3.8, 4) is 5.75 Å². The van der Waals surface area contributed by atoms with Crippen LogP contribution < -0.4 is 4.74 Å². The number of hydrogen-bond acceptors (Lipinski definition) is 4. The lowest BCUT2D eigenvalue weighted by Gasteiger charge is -2.42. The van der Waals surface area contributed by atoms with Crippen molar-refractivity contribution in [3.63, 3.8) is 0 Å². The van der Waals surface area contributed by atoms with Crippen molar-refractivity contribution in [2.24, 2.45) is 5.92 Å². The van der Waals surface area contributed by atoms with Crippen LogP contribution in [-0.4, -0.2) is 59.9 Å². The Bertz CT molecular complexity index is 673. The van der Waals surface area contributed by atoms with Crippen molar-refractivity contribution in [1.82, 2.24) is 9.80 Å². The quantitative estimate of drug-likeness (QED) is 0.752. The lowest BCUT2D eigenvalue weighted by atomic mass is 9.83. The first kappa shape index (κ1) is 20.7. The Kier molecular flexibility index (Phi) is 7.21. The van der Waals surface area contributed by atoms with Gasteiger partial charge in [-0.15, -0.1) is 0 Å². The highest BCUT2D eigenvalue weighted by Crippen LogP contribution is 2.38. The maximum atomic E-state index is 13.0. The van der Waals surface area contributed by atoms with Crippen molar-refractivity contribution in [1.29, 1.82) is 0 Å². The number of carbonyl (C=O) groups is 3. The number of aliphatic carboxylic acids is 1. The third-order valence-corrected chi connectivity index (χ3v) is 4.98. The van der Waals surface area contributed by atoms with Crippen molar-refractivity contribution in [2.45, 2.75) is 38.6 Å². The van der Waals surface area contributed by atoms with Gasteiger partial charge in [-0.3, -0.25) is 14.4 Å². The molecule has 1 aromatic rings. The average Bonchev–Trinajstić information content (AvgIpc) is 2.65. The summed E-state index contributed by atoms with van der Waals surface area (Å²) < 4.78 is 5.20. The number of ether oxygens (including phenoxy) is 1. The number of nitrogens with zero attached hydrogens (tertiary/aromatic N) is 2. The topological polar surface area (TPSA) is 87.2 Å². The second-order valence-corrected chi connectivity index (χ2v) is 6.89.